The third kappa shape index (κ3) is 6.48. The highest BCUT2D eigenvalue weighted by atomic mass is 35.5. The molecule has 200 valence electrons. The fourth-order valence-electron chi connectivity index (χ4n) is 4.97. The van der Waals surface area contributed by atoms with Crippen LogP contribution in [0.25, 0.3) is 10.9 Å². The van der Waals surface area contributed by atoms with E-state index in [9.17, 15) is 13.2 Å². The van der Waals surface area contributed by atoms with E-state index in [0.717, 1.165) is 53.7 Å². The Morgan fingerprint density at radius 2 is 2.00 bits per heavy atom. The third-order valence-electron chi connectivity index (χ3n) is 6.40. The van der Waals surface area contributed by atoms with E-state index < -0.39 is 10.0 Å². The quantitative estimate of drug-likeness (QED) is 0.273. The highest BCUT2D eigenvalue weighted by Gasteiger charge is 2.33. The summed E-state index contributed by atoms with van der Waals surface area (Å²) in [4.78, 5) is 24.6. The van der Waals surface area contributed by atoms with E-state index in [4.69, 9.17) is 11.6 Å². The van der Waals surface area contributed by atoms with Crippen molar-refractivity contribution in [2.24, 2.45) is 0 Å². The summed E-state index contributed by atoms with van der Waals surface area (Å²) in [7, 11) is -3.37. The molecule has 3 heterocycles. The van der Waals surface area contributed by atoms with Gasteiger partial charge in [0.05, 0.1) is 18.0 Å². The molecule has 2 atom stereocenters. The number of nitrogens with zero attached hydrogens (tertiary/aromatic N) is 3. The van der Waals surface area contributed by atoms with Crippen molar-refractivity contribution in [2.45, 2.75) is 58.2 Å². The Balaban J connectivity index is 1.58. The molecule has 1 aliphatic rings. The fraction of sp³-hybridized carbons (Fsp3) is 0.462. The molecule has 0 aliphatic carbocycles. The number of aldehydes is 1. The number of hydrogen-bond acceptors (Lipinski definition) is 7. The second kappa shape index (κ2) is 10.4. The zero-order valence-corrected chi connectivity index (χ0v) is 23.4. The highest BCUT2D eigenvalue weighted by molar-refractivity contribution is 7.92. The van der Waals surface area contributed by atoms with Crippen LogP contribution in [-0.4, -0.2) is 61.6 Å². The van der Waals surface area contributed by atoms with Crippen LogP contribution in [0.1, 0.15) is 40.5 Å². The minimum absolute atomic E-state index is 0.109. The van der Waals surface area contributed by atoms with Gasteiger partial charge in [-0.1, -0.05) is 11.6 Å². The molecule has 3 N–H and O–H groups in total. The van der Waals surface area contributed by atoms with Gasteiger partial charge in [0.15, 0.2) is 5.82 Å². The summed E-state index contributed by atoms with van der Waals surface area (Å²) in [5, 5.41) is 4.83. The summed E-state index contributed by atoms with van der Waals surface area (Å²) in [6.45, 7) is 9.79. The molecule has 1 aromatic carbocycles. The van der Waals surface area contributed by atoms with Gasteiger partial charge in [0.25, 0.3) is 0 Å². The van der Waals surface area contributed by atoms with Gasteiger partial charge < -0.3 is 24.9 Å². The van der Waals surface area contributed by atoms with Crippen molar-refractivity contribution in [1.82, 2.24) is 9.97 Å². The molecule has 3 aromatic rings. The molecular formula is C26H35ClN6O3S. The molecule has 0 saturated carbocycles. The van der Waals surface area contributed by atoms with Gasteiger partial charge in [0, 0.05) is 41.3 Å². The topological polar surface area (TPSA) is 110 Å². The molecule has 1 saturated heterocycles. The van der Waals surface area contributed by atoms with Crippen LogP contribution in [0.2, 0.25) is 5.15 Å². The first-order valence-electron chi connectivity index (χ1n) is 12.4. The zero-order chi connectivity index (χ0) is 27.0. The average Bonchev–Trinajstić information content (AvgIpc) is 3.22. The van der Waals surface area contributed by atoms with Crippen molar-refractivity contribution in [3.05, 3.63) is 41.6 Å². The molecule has 4 rings (SSSR count). The predicted molar refractivity (Wildman–Crippen MR) is 153 cm³/mol. The normalized spacial score (nSPS) is 18.6. The lowest BCUT2D eigenvalue weighted by molar-refractivity contribution is -0.109. The SMILES string of the molecule is CCN(c1nc(Cl)ccc1NC(C)(C)C)C1CCN(c2cc3cc(NS(C)(=O)=O)ccc3[nH]2)C(C=O)C1. The molecule has 0 amide bonds. The van der Waals surface area contributed by atoms with Gasteiger partial charge >= 0.3 is 0 Å². The lowest BCUT2D eigenvalue weighted by atomic mass is 9.96. The minimum Gasteiger partial charge on any atom is -0.377 e. The Morgan fingerprint density at radius 1 is 1.24 bits per heavy atom. The number of H-pyrrole nitrogens is 1. The maximum absolute atomic E-state index is 12.3. The van der Waals surface area contributed by atoms with Crippen LogP contribution in [0.3, 0.4) is 0 Å². The molecule has 0 radical (unpaired) electrons. The number of anilines is 4. The maximum Gasteiger partial charge on any atom is 0.229 e. The van der Waals surface area contributed by atoms with Gasteiger partial charge in [-0.25, -0.2) is 13.4 Å². The number of hydrogen-bond donors (Lipinski definition) is 3. The van der Waals surface area contributed by atoms with Crippen molar-refractivity contribution < 1.29 is 13.2 Å². The van der Waals surface area contributed by atoms with Crippen LogP contribution in [0.4, 0.5) is 23.0 Å². The number of rotatable bonds is 8. The number of sulfonamides is 1. The van der Waals surface area contributed by atoms with Crippen molar-refractivity contribution in [3.63, 3.8) is 0 Å². The number of carbonyl (C=O) groups is 1. The number of nitrogens with one attached hydrogen (secondary N) is 3. The number of fused-ring (bicyclic) bond motifs is 1. The molecule has 9 nitrogen and oxygen atoms in total. The molecule has 1 fully saturated rings. The fourth-order valence-corrected chi connectivity index (χ4v) is 5.66. The molecule has 1 aliphatic heterocycles. The standard InChI is InChI=1S/C26H35ClN6O3S/c1-6-32(25-22(30-26(2,3)4)9-10-23(27)29-25)19-11-12-33(20(15-19)16-34)24-14-17-13-18(31-37(5,35)36)7-8-21(17)28-24/h7-10,13-14,16,19-20,28,30-31H,6,11-12,15H2,1-5H3. The third-order valence-corrected chi connectivity index (χ3v) is 7.21. The lowest BCUT2D eigenvalue weighted by Crippen LogP contribution is -2.51. The molecule has 2 aromatic heterocycles. The Labute approximate surface area is 223 Å². The lowest BCUT2D eigenvalue weighted by Gasteiger charge is -2.43. The number of halogens is 1. The smallest absolute Gasteiger partial charge is 0.229 e. The molecular weight excluding hydrogens is 512 g/mol. The van der Waals surface area contributed by atoms with Gasteiger partial charge in [-0.15, -0.1) is 0 Å². The first-order valence-corrected chi connectivity index (χ1v) is 14.7. The van der Waals surface area contributed by atoms with Gasteiger partial charge in [-0.3, -0.25) is 4.72 Å². The van der Waals surface area contributed by atoms with E-state index in [-0.39, 0.29) is 17.6 Å². The molecule has 11 heteroatoms. The number of aromatic amines is 1. The Hall–Kier alpha value is -2.98. The number of aromatic nitrogens is 2. The second-order valence-corrected chi connectivity index (χ2v) is 12.7. The largest absolute Gasteiger partial charge is 0.377 e. The van der Waals surface area contributed by atoms with Crippen LogP contribution in [0.5, 0.6) is 0 Å². The number of carbonyl (C=O) groups excluding carboxylic acids is 1. The van der Waals surface area contributed by atoms with Gasteiger partial charge in [0.1, 0.15) is 17.3 Å². The number of piperidine rings is 1. The van der Waals surface area contributed by atoms with Crippen molar-refractivity contribution >= 4 is 61.8 Å². The monoisotopic (exact) mass is 546 g/mol. The average molecular weight is 547 g/mol. The van der Waals surface area contributed by atoms with Crippen LogP contribution in [0, 0.1) is 0 Å². The molecule has 0 bridgehead atoms. The van der Waals surface area contributed by atoms with Crippen molar-refractivity contribution in [1.29, 1.82) is 0 Å². The van der Waals surface area contributed by atoms with Crippen molar-refractivity contribution in [2.75, 3.05) is 39.2 Å². The summed E-state index contributed by atoms with van der Waals surface area (Å²) in [6.07, 6.45) is 3.59. The molecule has 0 spiro atoms. The first kappa shape index (κ1) is 27.1. The van der Waals surface area contributed by atoms with Gasteiger partial charge in [-0.2, -0.15) is 0 Å². The summed E-state index contributed by atoms with van der Waals surface area (Å²) < 4.78 is 25.7. The van der Waals surface area contributed by atoms with E-state index in [1.807, 2.05) is 18.2 Å². The van der Waals surface area contributed by atoms with Crippen LogP contribution in [0.15, 0.2) is 36.4 Å². The summed E-state index contributed by atoms with van der Waals surface area (Å²) in [5.41, 5.74) is 2.14. The summed E-state index contributed by atoms with van der Waals surface area (Å²) in [5.74, 6) is 1.63. The van der Waals surface area contributed by atoms with Gasteiger partial charge in [0.2, 0.25) is 10.0 Å². The highest BCUT2D eigenvalue weighted by Crippen LogP contribution is 2.35. The van der Waals surface area contributed by atoms with E-state index in [1.165, 1.54) is 0 Å². The Kier molecular flexibility index (Phi) is 7.62. The van der Waals surface area contributed by atoms with Gasteiger partial charge in [-0.05, 0) is 76.9 Å². The van der Waals surface area contributed by atoms with Crippen molar-refractivity contribution in [3.8, 4) is 0 Å². The second-order valence-electron chi connectivity index (χ2n) is 10.6. The Morgan fingerprint density at radius 3 is 2.65 bits per heavy atom. The van der Waals surface area contributed by atoms with E-state index in [2.05, 4.69) is 57.5 Å². The van der Waals surface area contributed by atoms with E-state index >= 15 is 0 Å². The molecule has 37 heavy (non-hydrogen) atoms. The number of benzene rings is 1. The minimum atomic E-state index is -3.37. The van der Waals surface area contributed by atoms with E-state index in [0.29, 0.717) is 23.8 Å². The zero-order valence-electron chi connectivity index (χ0n) is 21.9. The van der Waals surface area contributed by atoms with E-state index in [1.54, 1.807) is 18.2 Å². The van der Waals surface area contributed by atoms with Crippen LogP contribution < -0.4 is 19.8 Å². The number of pyridine rings is 1. The summed E-state index contributed by atoms with van der Waals surface area (Å²) in [6, 6.07) is 10.8. The summed E-state index contributed by atoms with van der Waals surface area (Å²) >= 11 is 6.30. The first-order chi connectivity index (χ1) is 17.4. The van der Waals surface area contributed by atoms with Crippen LogP contribution >= 0.6 is 11.6 Å². The maximum atomic E-state index is 12.3. The Bertz CT molecular complexity index is 1380. The predicted octanol–water partition coefficient (Wildman–Crippen LogP) is 4.86. The van der Waals surface area contributed by atoms with Crippen LogP contribution in [-0.2, 0) is 14.8 Å². The molecule has 2 unspecified atom stereocenters.